The van der Waals surface area contributed by atoms with Gasteiger partial charge in [-0.15, -0.1) is 11.3 Å². The minimum Gasteiger partial charge on any atom is -0.246 e. The van der Waals surface area contributed by atoms with Crippen LogP contribution in [0.4, 0.5) is 0 Å². The first-order valence-electron chi connectivity index (χ1n) is 4.61. The lowest BCUT2D eigenvalue weighted by atomic mass is 9.84. The first-order chi connectivity index (χ1) is 7.83. The molecule has 0 spiro atoms. The quantitative estimate of drug-likeness (QED) is 0.788. The van der Waals surface area contributed by atoms with Gasteiger partial charge in [-0.05, 0) is 5.56 Å². The van der Waals surface area contributed by atoms with Crippen LogP contribution in [0.1, 0.15) is 10.6 Å². The molecule has 0 saturated carbocycles. The summed E-state index contributed by atoms with van der Waals surface area (Å²) in [6.07, 6.45) is 1.60. The highest BCUT2D eigenvalue weighted by Crippen LogP contribution is 2.32. The van der Waals surface area contributed by atoms with Crippen LogP contribution >= 0.6 is 11.3 Å². The van der Waals surface area contributed by atoms with E-state index in [1.54, 1.807) is 23.7 Å². The molecule has 1 aromatic heterocycles. The van der Waals surface area contributed by atoms with Crippen LogP contribution in [0.25, 0.3) is 0 Å². The zero-order valence-electron chi connectivity index (χ0n) is 8.29. The third kappa shape index (κ3) is 1.46. The van der Waals surface area contributed by atoms with E-state index < -0.39 is 5.41 Å². The Morgan fingerprint density at radius 2 is 1.81 bits per heavy atom. The summed E-state index contributed by atoms with van der Waals surface area (Å²) in [6, 6.07) is 13.2. The van der Waals surface area contributed by atoms with Crippen molar-refractivity contribution in [3.63, 3.8) is 0 Å². The van der Waals surface area contributed by atoms with Gasteiger partial charge >= 0.3 is 0 Å². The van der Waals surface area contributed by atoms with Crippen molar-refractivity contribution in [2.45, 2.75) is 5.41 Å². The number of benzene rings is 1. The van der Waals surface area contributed by atoms with Crippen molar-refractivity contribution in [3.05, 3.63) is 52.5 Å². The zero-order chi connectivity index (χ0) is 11.4. The van der Waals surface area contributed by atoms with Crippen LogP contribution in [0.15, 0.2) is 41.9 Å². The Bertz CT molecular complexity index is 532. The van der Waals surface area contributed by atoms with E-state index in [4.69, 9.17) is 0 Å². The number of aromatic nitrogens is 1. The second kappa shape index (κ2) is 4.14. The average molecular weight is 225 g/mol. The molecule has 0 aliphatic heterocycles. The molecule has 1 heterocycles. The normalized spacial score (nSPS) is 10.4. The van der Waals surface area contributed by atoms with Gasteiger partial charge in [-0.25, -0.2) is 4.98 Å². The summed E-state index contributed by atoms with van der Waals surface area (Å²) in [5.41, 5.74) is -0.620. The Balaban J connectivity index is 2.64. The SMILES string of the molecule is N#CC(C#N)(c1ccccc1)c1nccs1. The first-order valence-corrected chi connectivity index (χ1v) is 5.49. The highest BCUT2D eigenvalue weighted by Gasteiger charge is 2.37. The van der Waals surface area contributed by atoms with Gasteiger partial charge < -0.3 is 0 Å². The van der Waals surface area contributed by atoms with Gasteiger partial charge in [-0.1, -0.05) is 30.3 Å². The van der Waals surface area contributed by atoms with Gasteiger partial charge in [-0.3, -0.25) is 0 Å². The Labute approximate surface area is 97.2 Å². The predicted molar refractivity (Wildman–Crippen MR) is 60.6 cm³/mol. The van der Waals surface area contributed by atoms with Crippen LogP contribution in [-0.4, -0.2) is 4.98 Å². The van der Waals surface area contributed by atoms with E-state index >= 15 is 0 Å². The predicted octanol–water partition coefficient (Wildman–Crippen LogP) is 2.48. The van der Waals surface area contributed by atoms with E-state index in [1.807, 2.05) is 18.2 Å². The second-order valence-electron chi connectivity index (χ2n) is 3.18. The van der Waals surface area contributed by atoms with Gasteiger partial charge in [-0.2, -0.15) is 10.5 Å². The number of nitriles is 2. The van der Waals surface area contributed by atoms with Crippen molar-refractivity contribution >= 4 is 11.3 Å². The molecule has 76 valence electrons. The summed E-state index contributed by atoms with van der Waals surface area (Å²) in [4.78, 5) is 4.08. The van der Waals surface area contributed by atoms with Gasteiger partial charge in [0.05, 0.1) is 12.1 Å². The molecule has 4 heteroatoms. The van der Waals surface area contributed by atoms with Gasteiger partial charge in [0.15, 0.2) is 0 Å². The fourth-order valence-electron chi connectivity index (χ4n) is 1.47. The number of rotatable bonds is 2. The Morgan fingerprint density at radius 1 is 1.12 bits per heavy atom. The fourth-order valence-corrected chi connectivity index (χ4v) is 2.23. The molecule has 0 unspecified atom stereocenters. The Kier molecular flexibility index (Phi) is 2.68. The first kappa shape index (κ1) is 10.4. The van der Waals surface area contributed by atoms with E-state index in [1.165, 1.54) is 11.3 Å². The Hall–Kier alpha value is -2.17. The van der Waals surface area contributed by atoms with Crippen LogP contribution in [0.5, 0.6) is 0 Å². The van der Waals surface area contributed by atoms with Crippen molar-refractivity contribution in [2.24, 2.45) is 0 Å². The highest BCUT2D eigenvalue weighted by atomic mass is 32.1. The van der Waals surface area contributed by atoms with E-state index in [-0.39, 0.29) is 0 Å². The highest BCUT2D eigenvalue weighted by molar-refractivity contribution is 7.09. The molecule has 2 aromatic rings. The van der Waals surface area contributed by atoms with Crippen molar-refractivity contribution in [1.82, 2.24) is 4.98 Å². The van der Waals surface area contributed by atoms with Gasteiger partial charge in [0, 0.05) is 11.6 Å². The lowest BCUT2D eigenvalue weighted by Crippen LogP contribution is -2.23. The van der Waals surface area contributed by atoms with Crippen molar-refractivity contribution in [3.8, 4) is 12.1 Å². The molecule has 0 N–H and O–H groups in total. The molecule has 0 fully saturated rings. The molecule has 0 radical (unpaired) electrons. The molecule has 3 nitrogen and oxygen atoms in total. The zero-order valence-corrected chi connectivity index (χ0v) is 9.11. The number of hydrogen-bond donors (Lipinski definition) is 0. The summed E-state index contributed by atoms with van der Waals surface area (Å²) in [7, 11) is 0. The largest absolute Gasteiger partial charge is 0.246 e. The maximum Gasteiger partial charge on any atom is 0.219 e. The standard InChI is InChI=1S/C12H7N3S/c13-8-12(9-14,11-15-6-7-16-11)10-4-2-1-3-5-10/h1-7H. The van der Waals surface area contributed by atoms with Crippen molar-refractivity contribution < 1.29 is 0 Å². The topological polar surface area (TPSA) is 60.5 Å². The van der Waals surface area contributed by atoms with E-state index in [0.717, 1.165) is 0 Å². The molecular weight excluding hydrogens is 218 g/mol. The summed E-state index contributed by atoms with van der Waals surface area (Å²) < 4.78 is 0. The van der Waals surface area contributed by atoms with Crippen LogP contribution in [0.2, 0.25) is 0 Å². The minimum atomic E-state index is -1.28. The third-order valence-corrected chi connectivity index (χ3v) is 3.19. The molecule has 0 aliphatic rings. The van der Waals surface area contributed by atoms with E-state index in [2.05, 4.69) is 17.1 Å². The molecule has 0 saturated heterocycles. The van der Waals surface area contributed by atoms with Crippen LogP contribution in [0.3, 0.4) is 0 Å². The molecular formula is C12H7N3S. The second-order valence-corrected chi connectivity index (χ2v) is 4.07. The molecule has 16 heavy (non-hydrogen) atoms. The molecule has 0 amide bonds. The molecule has 0 aliphatic carbocycles. The monoisotopic (exact) mass is 225 g/mol. The van der Waals surface area contributed by atoms with Crippen LogP contribution in [-0.2, 0) is 5.41 Å². The number of thiazole rings is 1. The van der Waals surface area contributed by atoms with Gasteiger partial charge in [0.1, 0.15) is 5.01 Å². The van der Waals surface area contributed by atoms with Gasteiger partial charge in [0.25, 0.3) is 0 Å². The number of hydrogen-bond acceptors (Lipinski definition) is 4. The summed E-state index contributed by atoms with van der Waals surface area (Å²) in [5.74, 6) is 0. The van der Waals surface area contributed by atoms with E-state index in [0.29, 0.717) is 10.6 Å². The summed E-state index contributed by atoms with van der Waals surface area (Å²) in [5, 5.41) is 20.9. The smallest absolute Gasteiger partial charge is 0.219 e. The molecule has 0 bridgehead atoms. The number of nitrogens with zero attached hydrogens (tertiary/aromatic N) is 3. The van der Waals surface area contributed by atoms with Gasteiger partial charge in [0.2, 0.25) is 5.41 Å². The minimum absolute atomic E-state index is 0.517. The third-order valence-electron chi connectivity index (χ3n) is 2.30. The molecule has 1 aromatic carbocycles. The Morgan fingerprint density at radius 3 is 2.31 bits per heavy atom. The molecule has 0 atom stereocenters. The summed E-state index contributed by atoms with van der Waals surface area (Å²) >= 11 is 1.32. The average Bonchev–Trinajstić information content (AvgIpc) is 2.87. The van der Waals surface area contributed by atoms with Crippen LogP contribution < -0.4 is 0 Å². The van der Waals surface area contributed by atoms with E-state index in [9.17, 15) is 10.5 Å². The van der Waals surface area contributed by atoms with Crippen LogP contribution in [0, 0.1) is 22.7 Å². The van der Waals surface area contributed by atoms with Crippen molar-refractivity contribution in [1.29, 1.82) is 10.5 Å². The maximum atomic E-state index is 9.30. The fraction of sp³-hybridized carbons (Fsp3) is 0.0833. The van der Waals surface area contributed by atoms with Crippen molar-refractivity contribution in [2.75, 3.05) is 0 Å². The molecule has 2 rings (SSSR count). The lowest BCUT2D eigenvalue weighted by Gasteiger charge is -2.15. The maximum absolute atomic E-state index is 9.30. The lowest BCUT2D eigenvalue weighted by molar-refractivity contribution is 0.835. The summed E-state index contributed by atoms with van der Waals surface area (Å²) in [6.45, 7) is 0.